The molecule has 0 spiro atoms. The Labute approximate surface area is 128 Å². The van der Waals surface area contributed by atoms with Crippen LogP contribution in [0.1, 0.15) is 5.56 Å². The van der Waals surface area contributed by atoms with Crippen molar-refractivity contribution in [3.8, 4) is 11.5 Å². The largest absolute Gasteiger partial charge is 0.454 e. The molecule has 0 bridgehead atoms. The zero-order chi connectivity index (χ0) is 13.2. The molecular formula is C14H11Br2NO2. The van der Waals surface area contributed by atoms with Gasteiger partial charge in [0.25, 0.3) is 0 Å². The predicted molar refractivity (Wildman–Crippen MR) is 81.7 cm³/mol. The summed E-state index contributed by atoms with van der Waals surface area (Å²) in [5.74, 6) is 1.59. The Balaban J connectivity index is 1.77. The van der Waals surface area contributed by atoms with Gasteiger partial charge < -0.3 is 14.8 Å². The lowest BCUT2D eigenvalue weighted by Gasteiger charge is -2.09. The fourth-order valence-corrected chi connectivity index (χ4v) is 2.75. The third kappa shape index (κ3) is 2.87. The molecule has 2 aromatic rings. The van der Waals surface area contributed by atoms with Crippen molar-refractivity contribution in [1.29, 1.82) is 0 Å². The highest BCUT2D eigenvalue weighted by molar-refractivity contribution is 9.10. The van der Waals surface area contributed by atoms with E-state index < -0.39 is 0 Å². The summed E-state index contributed by atoms with van der Waals surface area (Å²) in [4.78, 5) is 0. The lowest BCUT2D eigenvalue weighted by molar-refractivity contribution is 0.174. The molecular weight excluding hydrogens is 374 g/mol. The van der Waals surface area contributed by atoms with Gasteiger partial charge in [-0.2, -0.15) is 0 Å². The molecule has 0 atom stereocenters. The standard InChI is InChI=1S/C14H11Br2NO2/c15-10-2-1-3-11(5-10)17-7-9-4-13-14(6-12(9)16)19-8-18-13/h1-6,17H,7-8H2. The summed E-state index contributed by atoms with van der Waals surface area (Å²) < 4.78 is 12.8. The lowest BCUT2D eigenvalue weighted by Crippen LogP contribution is -2.00. The zero-order valence-electron chi connectivity index (χ0n) is 9.95. The summed E-state index contributed by atoms with van der Waals surface area (Å²) in [6.07, 6.45) is 0. The average molecular weight is 385 g/mol. The molecule has 0 unspecified atom stereocenters. The minimum Gasteiger partial charge on any atom is -0.454 e. The molecule has 3 nitrogen and oxygen atoms in total. The minimum absolute atomic E-state index is 0.296. The summed E-state index contributed by atoms with van der Waals surface area (Å²) >= 11 is 7.01. The molecule has 98 valence electrons. The van der Waals surface area contributed by atoms with E-state index in [0.29, 0.717) is 13.3 Å². The maximum Gasteiger partial charge on any atom is 0.231 e. The Bertz CT molecular complexity index is 616. The second-order valence-corrected chi connectivity index (χ2v) is 5.93. The van der Waals surface area contributed by atoms with E-state index in [9.17, 15) is 0 Å². The number of fused-ring (bicyclic) bond motifs is 1. The third-order valence-corrected chi connectivity index (χ3v) is 4.08. The van der Waals surface area contributed by atoms with Crippen LogP contribution in [0.4, 0.5) is 5.69 Å². The topological polar surface area (TPSA) is 30.5 Å². The molecule has 0 saturated carbocycles. The highest BCUT2D eigenvalue weighted by Gasteiger charge is 2.16. The molecule has 0 amide bonds. The number of halogens is 2. The molecule has 1 N–H and O–H groups in total. The van der Waals surface area contributed by atoms with E-state index in [-0.39, 0.29) is 0 Å². The van der Waals surface area contributed by atoms with Gasteiger partial charge in [0.05, 0.1) is 0 Å². The maximum atomic E-state index is 5.39. The van der Waals surface area contributed by atoms with Crippen molar-refractivity contribution < 1.29 is 9.47 Å². The van der Waals surface area contributed by atoms with E-state index in [4.69, 9.17) is 9.47 Å². The van der Waals surface area contributed by atoms with Gasteiger partial charge in [0.2, 0.25) is 6.79 Å². The number of hydrogen-bond donors (Lipinski definition) is 1. The normalized spacial score (nSPS) is 12.5. The Morgan fingerprint density at radius 3 is 2.63 bits per heavy atom. The van der Waals surface area contributed by atoms with E-state index in [1.54, 1.807) is 0 Å². The quantitative estimate of drug-likeness (QED) is 0.841. The van der Waals surface area contributed by atoms with E-state index >= 15 is 0 Å². The molecule has 1 aliphatic rings. The summed E-state index contributed by atoms with van der Waals surface area (Å²) in [6, 6.07) is 12.0. The van der Waals surface area contributed by atoms with E-state index in [2.05, 4.69) is 37.2 Å². The predicted octanol–water partition coefficient (Wildman–Crippen LogP) is 4.55. The molecule has 19 heavy (non-hydrogen) atoms. The van der Waals surface area contributed by atoms with Crippen molar-refractivity contribution in [2.24, 2.45) is 0 Å². The first kappa shape index (κ1) is 12.8. The van der Waals surface area contributed by atoms with Crippen LogP contribution in [0, 0.1) is 0 Å². The molecule has 0 aromatic heterocycles. The van der Waals surface area contributed by atoms with Gasteiger partial charge in [-0.3, -0.25) is 0 Å². The minimum atomic E-state index is 0.296. The second-order valence-electron chi connectivity index (χ2n) is 4.16. The van der Waals surface area contributed by atoms with Crippen molar-refractivity contribution >= 4 is 37.5 Å². The van der Waals surface area contributed by atoms with Crippen LogP contribution in [0.2, 0.25) is 0 Å². The Hall–Kier alpha value is -1.20. The molecule has 0 aliphatic carbocycles. The van der Waals surface area contributed by atoms with Gasteiger partial charge in [0.15, 0.2) is 11.5 Å². The first-order valence-corrected chi connectivity index (χ1v) is 7.38. The number of hydrogen-bond acceptors (Lipinski definition) is 3. The van der Waals surface area contributed by atoms with Gasteiger partial charge in [0.1, 0.15) is 0 Å². The Morgan fingerprint density at radius 1 is 1.05 bits per heavy atom. The summed E-state index contributed by atoms with van der Waals surface area (Å²) in [6.45, 7) is 1.01. The number of nitrogens with one attached hydrogen (secondary N) is 1. The van der Waals surface area contributed by atoms with Crippen molar-refractivity contribution in [3.05, 3.63) is 50.9 Å². The van der Waals surface area contributed by atoms with Gasteiger partial charge in [-0.05, 0) is 35.9 Å². The van der Waals surface area contributed by atoms with Crippen LogP contribution in [0.25, 0.3) is 0 Å². The molecule has 5 heteroatoms. The van der Waals surface area contributed by atoms with Crippen molar-refractivity contribution in [3.63, 3.8) is 0 Å². The van der Waals surface area contributed by atoms with Gasteiger partial charge in [-0.1, -0.05) is 37.9 Å². The number of rotatable bonds is 3. The molecule has 2 aromatic carbocycles. The van der Waals surface area contributed by atoms with E-state index in [0.717, 1.165) is 31.7 Å². The summed E-state index contributed by atoms with van der Waals surface area (Å²) in [5.41, 5.74) is 2.20. The number of benzene rings is 2. The van der Waals surface area contributed by atoms with Crippen molar-refractivity contribution in [2.75, 3.05) is 12.1 Å². The first-order chi connectivity index (χ1) is 9.22. The molecule has 1 aliphatic heterocycles. The molecule has 0 radical (unpaired) electrons. The fraction of sp³-hybridized carbons (Fsp3) is 0.143. The van der Waals surface area contributed by atoms with Crippen LogP contribution < -0.4 is 14.8 Å². The molecule has 0 fully saturated rings. The number of ether oxygens (including phenoxy) is 2. The maximum absolute atomic E-state index is 5.39. The smallest absolute Gasteiger partial charge is 0.231 e. The van der Waals surface area contributed by atoms with E-state index in [1.165, 1.54) is 0 Å². The summed E-state index contributed by atoms with van der Waals surface area (Å²) in [5, 5.41) is 3.38. The van der Waals surface area contributed by atoms with Crippen LogP contribution in [-0.2, 0) is 6.54 Å². The van der Waals surface area contributed by atoms with Crippen LogP contribution in [0.3, 0.4) is 0 Å². The second kappa shape index (κ2) is 5.43. The molecule has 3 rings (SSSR count). The highest BCUT2D eigenvalue weighted by Crippen LogP contribution is 2.37. The van der Waals surface area contributed by atoms with Gasteiger partial charge in [-0.15, -0.1) is 0 Å². The Kier molecular flexibility index (Phi) is 3.66. The zero-order valence-corrected chi connectivity index (χ0v) is 13.1. The monoisotopic (exact) mass is 383 g/mol. The Morgan fingerprint density at radius 2 is 1.84 bits per heavy atom. The highest BCUT2D eigenvalue weighted by atomic mass is 79.9. The number of anilines is 1. The van der Waals surface area contributed by atoms with Gasteiger partial charge in [-0.25, -0.2) is 0 Å². The molecule has 1 heterocycles. The van der Waals surface area contributed by atoms with Gasteiger partial charge >= 0.3 is 0 Å². The fourth-order valence-electron chi connectivity index (χ4n) is 1.89. The van der Waals surface area contributed by atoms with Crippen LogP contribution in [-0.4, -0.2) is 6.79 Å². The van der Waals surface area contributed by atoms with Crippen LogP contribution in [0.15, 0.2) is 45.3 Å². The first-order valence-electron chi connectivity index (χ1n) is 5.80. The average Bonchev–Trinajstić information content (AvgIpc) is 2.83. The van der Waals surface area contributed by atoms with Crippen LogP contribution >= 0.6 is 31.9 Å². The van der Waals surface area contributed by atoms with E-state index in [1.807, 2.05) is 36.4 Å². The third-order valence-electron chi connectivity index (χ3n) is 2.85. The SMILES string of the molecule is Brc1cccc(NCc2cc3c(cc2Br)OCO3)c1. The lowest BCUT2D eigenvalue weighted by atomic mass is 10.2. The van der Waals surface area contributed by atoms with Gasteiger partial charge in [0, 0.05) is 21.2 Å². The summed E-state index contributed by atoms with van der Waals surface area (Å²) in [7, 11) is 0. The van der Waals surface area contributed by atoms with Crippen molar-refractivity contribution in [1.82, 2.24) is 0 Å². The van der Waals surface area contributed by atoms with Crippen molar-refractivity contribution in [2.45, 2.75) is 6.54 Å². The molecule has 0 saturated heterocycles. The van der Waals surface area contributed by atoms with Crippen LogP contribution in [0.5, 0.6) is 11.5 Å².